The molecule has 13 heavy (non-hydrogen) atoms. The Labute approximate surface area is 87.3 Å². The van der Waals surface area contributed by atoms with Gasteiger partial charge in [0.15, 0.2) is 4.47 Å². The van der Waals surface area contributed by atoms with Gasteiger partial charge in [-0.1, -0.05) is 24.9 Å². The van der Waals surface area contributed by atoms with Gasteiger partial charge in [0.1, 0.15) is 5.82 Å². The van der Waals surface area contributed by atoms with Crippen molar-refractivity contribution in [3.8, 4) is 0 Å². The minimum atomic E-state index is 0.596. The molecule has 0 amide bonds. The van der Waals surface area contributed by atoms with E-state index in [2.05, 4.69) is 17.2 Å². The summed E-state index contributed by atoms with van der Waals surface area (Å²) >= 11 is 7.23. The predicted octanol–water partition coefficient (Wildman–Crippen LogP) is 3.40. The molecule has 72 valence electrons. The van der Waals surface area contributed by atoms with E-state index < -0.39 is 0 Å². The van der Waals surface area contributed by atoms with E-state index in [1.807, 2.05) is 5.38 Å². The molecule has 1 fully saturated rings. The number of rotatable bonds is 2. The third-order valence-electron chi connectivity index (χ3n) is 2.67. The van der Waals surface area contributed by atoms with E-state index in [-0.39, 0.29) is 0 Å². The Kier molecular flexibility index (Phi) is 2.74. The van der Waals surface area contributed by atoms with Crippen LogP contribution in [-0.4, -0.2) is 11.0 Å². The summed E-state index contributed by atoms with van der Waals surface area (Å²) in [6.45, 7) is 2.29. The normalized spacial score (nSPS) is 27.8. The lowest BCUT2D eigenvalue weighted by atomic mass is 10.1. The molecule has 2 nitrogen and oxygen atoms in total. The third kappa shape index (κ3) is 2.15. The summed E-state index contributed by atoms with van der Waals surface area (Å²) in [4.78, 5) is 4.18. The Bertz CT molecular complexity index is 287. The summed E-state index contributed by atoms with van der Waals surface area (Å²) in [5.74, 6) is 1.70. The number of hydrogen-bond donors (Lipinski definition) is 1. The molecular weight excluding hydrogens is 204 g/mol. The van der Waals surface area contributed by atoms with Gasteiger partial charge in [-0.05, 0) is 18.8 Å². The van der Waals surface area contributed by atoms with Crippen molar-refractivity contribution in [3.05, 3.63) is 9.85 Å². The van der Waals surface area contributed by atoms with Crippen molar-refractivity contribution in [2.24, 2.45) is 5.92 Å². The molecule has 0 aromatic carbocycles. The van der Waals surface area contributed by atoms with E-state index >= 15 is 0 Å². The summed E-state index contributed by atoms with van der Waals surface area (Å²) in [5, 5.41) is 5.41. The van der Waals surface area contributed by atoms with Crippen molar-refractivity contribution in [2.75, 3.05) is 5.32 Å². The van der Waals surface area contributed by atoms with Gasteiger partial charge in [0.2, 0.25) is 0 Å². The molecule has 1 aliphatic carbocycles. The van der Waals surface area contributed by atoms with Gasteiger partial charge >= 0.3 is 0 Å². The van der Waals surface area contributed by atoms with E-state index in [0.29, 0.717) is 10.5 Å². The molecule has 0 radical (unpaired) electrons. The van der Waals surface area contributed by atoms with Crippen molar-refractivity contribution in [3.63, 3.8) is 0 Å². The number of hydrogen-bond acceptors (Lipinski definition) is 3. The second-order valence-corrected chi connectivity index (χ2v) is 5.08. The first-order valence-electron chi connectivity index (χ1n) is 4.63. The fraction of sp³-hybridized carbons (Fsp3) is 0.667. The Hall–Kier alpha value is -0.280. The van der Waals surface area contributed by atoms with Gasteiger partial charge in [0, 0.05) is 11.4 Å². The van der Waals surface area contributed by atoms with E-state index in [9.17, 15) is 0 Å². The van der Waals surface area contributed by atoms with Crippen LogP contribution in [-0.2, 0) is 0 Å². The number of nitrogens with zero attached hydrogens (tertiary/aromatic N) is 1. The molecule has 1 N–H and O–H groups in total. The molecule has 1 heterocycles. The van der Waals surface area contributed by atoms with Crippen LogP contribution in [0.3, 0.4) is 0 Å². The van der Waals surface area contributed by atoms with Crippen LogP contribution in [0.15, 0.2) is 5.38 Å². The van der Waals surface area contributed by atoms with Gasteiger partial charge in [0.25, 0.3) is 0 Å². The first-order valence-corrected chi connectivity index (χ1v) is 5.89. The van der Waals surface area contributed by atoms with E-state index in [0.717, 1.165) is 11.7 Å². The van der Waals surface area contributed by atoms with Crippen molar-refractivity contribution >= 4 is 28.8 Å². The van der Waals surface area contributed by atoms with Crippen molar-refractivity contribution in [2.45, 2.75) is 32.2 Å². The maximum atomic E-state index is 5.75. The van der Waals surface area contributed by atoms with Crippen molar-refractivity contribution in [1.29, 1.82) is 0 Å². The Morgan fingerprint density at radius 3 is 3.00 bits per heavy atom. The highest BCUT2D eigenvalue weighted by atomic mass is 35.5. The summed E-state index contributed by atoms with van der Waals surface area (Å²) in [6, 6.07) is 0.596. The lowest BCUT2D eigenvalue weighted by Gasteiger charge is -2.16. The lowest BCUT2D eigenvalue weighted by Crippen LogP contribution is -2.21. The fourth-order valence-electron chi connectivity index (χ4n) is 1.87. The molecule has 1 aromatic rings. The van der Waals surface area contributed by atoms with E-state index in [4.69, 9.17) is 11.6 Å². The van der Waals surface area contributed by atoms with E-state index in [1.165, 1.54) is 30.6 Å². The lowest BCUT2D eigenvalue weighted by molar-refractivity contribution is 0.555. The fourth-order valence-corrected chi connectivity index (χ4v) is 2.57. The minimum Gasteiger partial charge on any atom is -0.366 e. The SMILES string of the molecule is CC1CCCC1Nc1csc(Cl)n1. The number of thiazole rings is 1. The zero-order valence-electron chi connectivity index (χ0n) is 7.59. The Balaban J connectivity index is 1.97. The minimum absolute atomic E-state index is 0.596. The molecular formula is C9H13ClN2S. The van der Waals surface area contributed by atoms with Crippen LogP contribution in [0.4, 0.5) is 5.82 Å². The topological polar surface area (TPSA) is 24.9 Å². The summed E-state index contributed by atoms with van der Waals surface area (Å²) in [6.07, 6.45) is 3.92. The number of aromatic nitrogens is 1. The second kappa shape index (κ2) is 3.84. The van der Waals surface area contributed by atoms with Crippen LogP contribution in [0.2, 0.25) is 4.47 Å². The maximum Gasteiger partial charge on any atom is 0.185 e. The number of halogens is 1. The number of anilines is 1. The van der Waals surface area contributed by atoms with Crippen molar-refractivity contribution < 1.29 is 0 Å². The molecule has 0 bridgehead atoms. The largest absolute Gasteiger partial charge is 0.366 e. The van der Waals surface area contributed by atoms with E-state index in [1.54, 1.807) is 0 Å². The van der Waals surface area contributed by atoms with Gasteiger partial charge in [0.05, 0.1) is 0 Å². The highest BCUT2D eigenvalue weighted by molar-refractivity contribution is 7.14. The van der Waals surface area contributed by atoms with Gasteiger partial charge in [-0.25, -0.2) is 4.98 Å². The van der Waals surface area contributed by atoms with Crippen LogP contribution in [0.1, 0.15) is 26.2 Å². The van der Waals surface area contributed by atoms with Crippen LogP contribution in [0, 0.1) is 5.92 Å². The Morgan fingerprint density at radius 2 is 2.46 bits per heavy atom. The first kappa shape index (κ1) is 9.28. The summed E-state index contributed by atoms with van der Waals surface area (Å²) < 4.78 is 0.619. The monoisotopic (exact) mass is 216 g/mol. The molecule has 1 aliphatic rings. The predicted molar refractivity (Wildman–Crippen MR) is 57.5 cm³/mol. The van der Waals surface area contributed by atoms with Crippen LogP contribution in [0.25, 0.3) is 0 Å². The molecule has 2 unspecified atom stereocenters. The quantitative estimate of drug-likeness (QED) is 0.820. The molecule has 2 rings (SSSR count). The second-order valence-electron chi connectivity index (χ2n) is 3.64. The summed E-state index contributed by atoms with van der Waals surface area (Å²) in [5.41, 5.74) is 0. The average molecular weight is 217 g/mol. The standard InChI is InChI=1S/C9H13ClN2S/c1-6-3-2-4-7(6)11-8-5-13-9(10)12-8/h5-7,11H,2-4H2,1H3. The summed E-state index contributed by atoms with van der Waals surface area (Å²) in [7, 11) is 0. The third-order valence-corrected chi connectivity index (χ3v) is 3.65. The smallest absolute Gasteiger partial charge is 0.185 e. The Morgan fingerprint density at radius 1 is 1.62 bits per heavy atom. The zero-order valence-corrected chi connectivity index (χ0v) is 9.16. The van der Waals surface area contributed by atoms with Gasteiger partial charge < -0.3 is 5.32 Å². The molecule has 0 aliphatic heterocycles. The molecule has 0 saturated heterocycles. The zero-order chi connectivity index (χ0) is 9.26. The van der Waals surface area contributed by atoms with Crippen LogP contribution in [0.5, 0.6) is 0 Å². The van der Waals surface area contributed by atoms with Gasteiger partial charge in [-0.2, -0.15) is 0 Å². The highest BCUT2D eigenvalue weighted by Gasteiger charge is 2.23. The number of nitrogens with one attached hydrogen (secondary N) is 1. The van der Waals surface area contributed by atoms with Crippen molar-refractivity contribution in [1.82, 2.24) is 4.98 Å². The molecule has 0 spiro atoms. The molecule has 1 saturated carbocycles. The maximum absolute atomic E-state index is 5.75. The molecule has 4 heteroatoms. The van der Waals surface area contributed by atoms with Crippen LogP contribution < -0.4 is 5.32 Å². The first-order chi connectivity index (χ1) is 6.25. The average Bonchev–Trinajstić information content (AvgIpc) is 2.64. The highest BCUT2D eigenvalue weighted by Crippen LogP contribution is 2.28. The van der Waals surface area contributed by atoms with Gasteiger partial charge in [-0.15, -0.1) is 11.3 Å². The molecule has 2 atom stereocenters. The molecule has 1 aromatic heterocycles. The van der Waals surface area contributed by atoms with Crippen LogP contribution >= 0.6 is 22.9 Å². The van der Waals surface area contributed by atoms with Gasteiger partial charge in [-0.3, -0.25) is 0 Å².